The molecule has 4 aromatic rings. The number of benzene rings is 2. The quantitative estimate of drug-likeness (QED) is 0.507. The van der Waals surface area contributed by atoms with Gasteiger partial charge in [0.15, 0.2) is 15.5 Å². The number of nitrogens with one attached hydrogen (secondary N) is 1. The van der Waals surface area contributed by atoms with Crippen LogP contribution in [0.1, 0.15) is 22.5 Å². The van der Waals surface area contributed by atoms with Crippen molar-refractivity contribution in [3.63, 3.8) is 0 Å². The minimum Gasteiger partial charge on any atom is -0.350 e. The van der Waals surface area contributed by atoms with Crippen molar-refractivity contribution in [1.82, 2.24) is 19.9 Å². The number of thiazole rings is 1. The predicted molar refractivity (Wildman–Crippen MR) is 127 cm³/mol. The number of carbonyl (C=O) groups is 1. The van der Waals surface area contributed by atoms with Crippen LogP contribution >= 0.6 is 11.3 Å². The molecule has 0 saturated carbocycles. The number of hydrogen-bond acceptors (Lipinski definition) is 6. The van der Waals surface area contributed by atoms with E-state index in [9.17, 15) is 9.59 Å². The van der Waals surface area contributed by atoms with Crippen molar-refractivity contribution < 1.29 is 8.91 Å². The standard InChI is InChI=1S/C24H23N5O2S/c1-28-20(17-11-6-3-7-12-17)27-22-19(23(28)31)26-24(32-22)29-14-8-13-18(29)21(30)25-15-16-9-4-2-5-10-16/h2-7,9-12,18H,8,13-15H2,1H3,(H,25,30)/i1D3. The van der Waals surface area contributed by atoms with Crippen LogP contribution in [0.25, 0.3) is 21.7 Å². The van der Waals surface area contributed by atoms with Gasteiger partial charge in [0.2, 0.25) is 5.91 Å². The molecule has 1 amide bonds. The first-order valence-electron chi connectivity index (χ1n) is 11.9. The summed E-state index contributed by atoms with van der Waals surface area (Å²) in [5.41, 5.74) is 0.807. The third-order valence-corrected chi connectivity index (χ3v) is 6.55. The Kier molecular flexibility index (Phi) is 4.56. The molecule has 1 unspecified atom stereocenters. The fraction of sp³-hybridized carbons (Fsp3) is 0.250. The Balaban J connectivity index is 1.49. The second kappa shape index (κ2) is 8.55. The molecule has 2 aromatic heterocycles. The van der Waals surface area contributed by atoms with Gasteiger partial charge in [0.25, 0.3) is 5.56 Å². The monoisotopic (exact) mass is 448 g/mol. The number of rotatable bonds is 5. The molecule has 1 fully saturated rings. The van der Waals surface area contributed by atoms with E-state index < -0.39 is 18.6 Å². The van der Waals surface area contributed by atoms with Gasteiger partial charge in [-0.15, -0.1) is 0 Å². The molecule has 0 aliphatic carbocycles. The number of aromatic nitrogens is 3. The number of amides is 1. The van der Waals surface area contributed by atoms with E-state index in [1.54, 1.807) is 30.3 Å². The second-order valence-corrected chi connectivity index (χ2v) is 8.60. The maximum Gasteiger partial charge on any atom is 0.281 e. The van der Waals surface area contributed by atoms with Crippen molar-refractivity contribution in [2.45, 2.75) is 25.4 Å². The highest BCUT2D eigenvalue weighted by molar-refractivity contribution is 7.21. The van der Waals surface area contributed by atoms with Gasteiger partial charge in [0.05, 0.1) is 0 Å². The third kappa shape index (κ3) is 3.78. The fourth-order valence-electron chi connectivity index (χ4n) is 3.94. The smallest absolute Gasteiger partial charge is 0.281 e. The van der Waals surface area contributed by atoms with E-state index in [0.29, 0.717) is 35.0 Å². The molecule has 3 heterocycles. The SMILES string of the molecule is [2H]C([2H])([2H])n1c(-c2ccccc2)nc2sc(N3CCCC3C(=O)NCc3ccccc3)nc2c1=O. The number of anilines is 1. The average Bonchev–Trinajstić information content (AvgIpc) is 3.50. The zero-order valence-corrected chi connectivity index (χ0v) is 18.0. The Morgan fingerprint density at radius 2 is 1.91 bits per heavy atom. The minimum absolute atomic E-state index is 0.00356. The van der Waals surface area contributed by atoms with Crippen molar-refractivity contribution in [2.24, 2.45) is 6.98 Å². The lowest BCUT2D eigenvalue weighted by molar-refractivity contribution is -0.122. The van der Waals surface area contributed by atoms with Crippen molar-refractivity contribution in [2.75, 3.05) is 11.4 Å². The number of nitrogens with zero attached hydrogens (tertiary/aromatic N) is 4. The van der Waals surface area contributed by atoms with Crippen molar-refractivity contribution in [1.29, 1.82) is 0 Å². The van der Waals surface area contributed by atoms with E-state index in [1.165, 1.54) is 11.3 Å². The molecule has 7 nitrogen and oxygen atoms in total. The second-order valence-electron chi connectivity index (χ2n) is 7.65. The molecule has 1 aliphatic heterocycles. The zero-order valence-electron chi connectivity index (χ0n) is 20.2. The summed E-state index contributed by atoms with van der Waals surface area (Å²) >= 11 is 1.20. The molecule has 32 heavy (non-hydrogen) atoms. The van der Waals surface area contributed by atoms with Crippen LogP contribution in [0.3, 0.4) is 0 Å². The van der Waals surface area contributed by atoms with E-state index >= 15 is 0 Å². The highest BCUT2D eigenvalue weighted by atomic mass is 32.1. The van der Waals surface area contributed by atoms with Crippen molar-refractivity contribution >= 4 is 32.7 Å². The first-order chi connectivity index (χ1) is 16.8. The fourth-order valence-corrected chi connectivity index (χ4v) is 4.95. The molecular formula is C24H23N5O2S. The highest BCUT2D eigenvalue weighted by Gasteiger charge is 2.33. The number of hydrogen-bond donors (Lipinski definition) is 1. The Morgan fingerprint density at radius 1 is 1.16 bits per heavy atom. The molecule has 1 N–H and O–H groups in total. The molecule has 0 spiro atoms. The molecule has 1 atom stereocenters. The van der Waals surface area contributed by atoms with Crippen LogP contribution in [0.5, 0.6) is 0 Å². The van der Waals surface area contributed by atoms with E-state index in [0.717, 1.165) is 16.6 Å². The van der Waals surface area contributed by atoms with Gasteiger partial charge < -0.3 is 10.2 Å². The predicted octanol–water partition coefficient (Wildman–Crippen LogP) is 3.34. The Labute approximate surface area is 193 Å². The zero-order chi connectivity index (χ0) is 24.6. The largest absolute Gasteiger partial charge is 0.350 e. The molecule has 5 rings (SSSR count). The average molecular weight is 449 g/mol. The van der Waals surface area contributed by atoms with E-state index in [-0.39, 0.29) is 17.2 Å². The molecule has 8 heteroatoms. The summed E-state index contributed by atoms with van der Waals surface area (Å²) in [6.45, 7) is -1.68. The molecule has 1 saturated heterocycles. The number of fused-ring (bicyclic) bond motifs is 1. The Morgan fingerprint density at radius 3 is 2.66 bits per heavy atom. The third-order valence-electron chi connectivity index (χ3n) is 5.57. The van der Waals surface area contributed by atoms with Crippen LogP contribution < -0.4 is 15.8 Å². The summed E-state index contributed by atoms with van der Waals surface area (Å²) in [5.74, 6) is -0.0414. The summed E-state index contributed by atoms with van der Waals surface area (Å²) in [6.07, 6.45) is 1.47. The van der Waals surface area contributed by atoms with Gasteiger partial charge in [0.1, 0.15) is 11.9 Å². The normalized spacial score (nSPS) is 17.7. The van der Waals surface area contributed by atoms with E-state index in [4.69, 9.17) is 4.11 Å². The highest BCUT2D eigenvalue weighted by Crippen LogP contribution is 2.32. The topological polar surface area (TPSA) is 80.1 Å². The summed E-state index contributed by atoms with van der Waals surface area (Å²) in [7, 11) is 0. The van der Waals surface area contributed by atoms with Gasteiger partial charge in [0, 0.05) is 29.7 Å². The summed E-state index contributed by atoms with van der Waals surface area (Å²) in [4.78, 5) is 37.5. The first kappa shape index (κ1) is 17.1. The van der Waals surface area contributed by atoms with Crippen LogP contribution in [0.15, 0.2) is 65.5 Å². The molecule has 1 aliphatic rings. The lowest BCUT2D eigenvalue weighted by Crippen LogP contribution is -2.43. The van der Waals surface area contributed by atoms with Gasteiger partial charge in [-0.3, -0.25) is 14.2 Å². The summed E-state index contributed by atoms with van der Waals surface area (Å²) < 4.78 is 24.5. The van der Waals surface area contributed by atoms with Crippen LogP contribution in [0.4, 0.5) is 5.13 Å². The van der Waals surface area contributed by atoms with Gasteiger partial charge in [-0.2, -0.15) is 0 Å². The maximum absolute atomic E-state index is 13.3. The Bertz CT molecular complexity index is 1420. The molecular weight excluding hydrogens is 422 g/mol. The molecule has 0 bridgehead atoms. The van der Waals surface area contributed by atoms with Gasteiger partial charge in [-0.1, -0.05) is 72.0 Å². The Hall–Kier alpha value is -3.52. The minimum atomic E-state index is -2.72. The van der Waals surface area contributed by atoms with Gasteiger partial charge in [-0.05, 0) is 18.4 Å². The van der Waals surface area contributed by atoms with Gasteiger partial charge in [-0.25, -0.2) is 9.97 Å². The molecule has 2 aromatic carbocycles. The lowest BCUT2D eigenvalue weighted by Gasteiger charge is -2.23. The van der Waals surface area contributed by atoms with E-state index in [2.05, 4.69) is 15.3 Å². The summed E-state index contributed by atoms with van der Waals surface area (Å²) in [5, 5.41) is 3.48. The van der Waals surface area contributed by atoms with Crippen LogP contribution in [0.2, 0.25) is 0 Å². The molecule has 0 radical (unpaired) electrons. The first-order valence-corrected chi connectivity index (χ1v) is 11.2. The molecule has 162 valence electrons. The lowest BCUT2D eigenvalue weighted by atomic mass is 10.2. The van der Waals surface area contributed by atoms with Crippen molar-refractivity contribution in [3.8, 4) is 11.4 Å². The van der Waals surface area contributed by atoms with Crippen LogP contribution in [-0.4, -0.2) is 33.0 Å². The maximum atomic E-state index is 13.3. The van der Waals surface area contributed by atoms with E-state index in [1.807, 2.05) is 35.2 Å². The van der Waals surface area contributed by atoms with Crippen LogP contribution in [0, 0.1) is 0 Å². The van der Waals surface area contributed by atoms with Gasteiger partial charge >= 0.3 is 0 Å². The summed E-state index contributed by atoms with van der Waals surface area (Å²) in [6, 6.07) is 18.0. The number of carbonyl (C=O) groups excluding carboxylic acids is 1. The van der Waals surface area contributed by atoms with Crippen LogP contribution in [-0.2, 0) is 18.3 Å². The van der Waals surface area contributed by atoms with Crippen molar-refractivity contribution in [3.05, 3.63) is 76.6 Å².